The maximum absolute atomic E-state index is 13.5. The van der Waals surface area contributed by atoms with Gasteiger partial charge in [0.1, 0.15) is 11.6 Å². The van der Waals surface area contributed by atoms with Gasteiger partial charge in [-0.15, -0.1) is 0 Å². The van der Waals surface area contributed by atoms with E-state index >= 15 is 0 Å². The molecule has 0 aliphatic carbocycles. The number of dihydropyridines is 1. The minimum absolute atomic E-state index is 0.0240. The second-order valence-electron chi connectivity index (χ2n) is 15.2. The molecule has 1 amide bonds. The molecule has 5 rings (SSSR count). The first kappa shape index (κ1) is 34.4. The first-order valence-corrected chi connectivity index (χ1v) is 17.0. The molecule has 0 bridgehead atoms. The van der Waals surface area contributed by atoms with E-state index in [2.05, 4.69) is 87.5 Å². The predicted molar refractivity (Wildman–Crippen MR) is 188 cm³/mol. The van der Waals surface area contributed by atoms with Gasteiger partial charge in [0.25, 0.3) is 5.91 Å². The van der Waals surface area contributed by atoms with E-state index in [0.717, 1.165) is 67.6 Å². The van der Waals surface area contributed by atoms with Gasteiger partial charge in [0.15, 0.2) is 0 Å². The number of pyridine rings is 2. The molecule has 2 N–H and O–H groups in total. The minimum atomic E-state index is -0.898. The fourth-order valence-corrected chi connectivity index (χ4v) is 7.32. The minimum Gasteiger partial charge on any atom is -0.478 e. The number of nitrogens with zero attached hydrogens (tertiary/aromatic N) is 6. The van der Waals surface area contributed by atoms with Gasteiger partial charge >= 0.3 is 5.97 Å². The zero-order valence-electron chi connectivity index (χ0n) is 29.9. The Bertz CT molecular complexity index is 1590. The highest BCUT2D eigenvalue weighted by Crippen LogP contribution is 2.44. The topological polar surface area (TPSA) is 105 Å². The fourth-order valence-electron chi connectivity index (χ4n) is 7.32. The van der Waals surface area contributed by atoms with Crippen molar-refractivity contribution in [2.45, 2.75) is 105 Å². The smallest absolute Gasteiger partial charge is 0.337 e. The van der Waals surface area contributed by atoms with Crippen molar-refractivity contribution >= 4 is 29.2 Å². The summed E-state index contributed by atoms with van der Waals surface area (Å²) in [7, 11) is 0. The summed E-state index contributed by atoms with van der Waals surface area (Å²) in [5.74, 6) is 0.896. The van der Waals surface area contributed by atoms with Crippen LogP contribution in [0, 0.1) is 0 Å². The Balaban J connectivity index is 1.34. The molecule has 254 valence electrons. The average Bonchev–Trinajstić information content (AvgIpc) is 3.28. The van der Waals surface area contributed by atoms with Crippen LogP contribution in [0.25, 0.3) is 0 Å². The molecular weight excluding hydrogens is 590 g/mol. The van der Waals surface area contributed by atoms with E-state index in [0.29, 0.717) is 23.4 Å². The number of carbonyl (C=O) groups excluding carboxylic acids is 1. The van der Waals surface area contributed by atoms with E-state index < -0.39 is 5.97 Å². The van der Waals surface area contributed by atoms with Crippen LogP contribution in [0.4, 0.5) is 17.3 Å². The summed E-state index contributed by atoms with van der Waals surface area (Å²) in [5.41, 5.74) is 3.92. The van der Waals surface area contributed by atoms with Crippen LogP contribution in [-0.4, -0.2) is 86.7 Å². The summed E-state index contributed by atoms with van der Waals surface area (Å²) in [6.45, 7) is 25.0. The van der Waals surface area contributed by atoms with Crippen LogP contribution in [0.3, 0.4) is 0 Å². The van der Waals surface area contributed by atoms with Crippen LogP contribution in [0.15, 0.2) is 53.4 Å². The number of carboxylic acid groups (broad SMARTS) is 1. The molecule has 1 saturated heterocycles. The molecule has 3 aliphatic rings. The van der Waals surface area contributed by atoms with Crippen LogP contribution in [0.2, 0.25) is 0 Å². The SMILES string of the molecule is CCCN(C(=O)c1ccc(N2CC(C)(C)c3nc(N4CCN(C5C=C(C)C(C(=O)O)=C(C)N5)CC4(C)C)ccc32)nc1)C(C)(C)CC. The number of hydrogen-bond acceptors (Lipinski definition) is 8. The van der Waals surface area contributed by atoms with Gasteiger partial charge in [-0.05, 0) is 90.3 Å². The van der Waals surface area contributed by atoms with Gasteiger partial charge in [0.2, 0.25) is 0 Å². The largest absolute Gasteiger partial charge is 0.478 e. The van der Waals surface area contributed by atoms with Gasteiger partial charge in [0, 0.05) is 61.1 Å². The van der Waals surface area contributed by atoms with Crippen molar-refractivity contribution in [2.75, 3.05) is 42.5 Å². The predicted octanol–water partition coefficient (Wildman–Crippen LogP) is 6.08. The number of rotatable bonds is 9. The van der Waals surface area contributed by atoms with Crippen molar-refractivity contribution in [1.82, 2.24) is 25.1 Å². The Morgan fingerprint density at radius 3 is 2.32 bits per heavy atom. The van der Waals surface area contributed by atoms with Crippen molar-refractivity contribution < 1.29 is 14.7 Å². The average molecular weight is 644 g/mol. The van der Waals surface area contributed by atoms with E-state index in [4.69, 9.17) is 9.97 Å². The third kappa shape index (κ3) is 6.49. The molecule has 0 radical (unpaired) electrons. The lowest BCUT2D eigenvalue weighted by molar-refractivity contribution is -0.132. The highest BCUT2D eigenvalue weighted by atomic mass is 16.4. The number of carboxylic acids is 1. The number of allylic oxidation sites excluding steroid dienone is 1. The van der Waals surface area contributed by atoms with E-state index in [9.17, 15) is 14.7 Å². The van der Waals surface area contributed by atoms with Gasteiger partial charge in [0.05, 0.1) is 28.7 Å². The third-order valence-electron chi connectivity index (χ3n) is 10.3. The molecule has 1 unspecified atom stereocenters. The van der Waals surface area contributed by atoms with Gasteiger partial charge in [-0.25, -0.2) is 14.8 Å². The van der Waals surface area contributed by atoms with Crippen molar-refractivity contribution in [2.24, 2.45) is 0 Å². The number of hydrogen-bond donors (Lipinski definition) is 2. The Morgan fingerprint density at radius 1 is 1.04 bits per heavy atom. The van der Waals surface area contributed by atoms with Crippen molar-refractivity contribution in [1.29, 1.82) is 0 Å². The molecule has 2 aromatic rings. The standard InChI is InChI=1S/C37H53N7O3/c1-11-17-44(36(7,8)12-2)33(45)26-13-15-28(38-21-26)42-22-35(5,6)32-27(42)14-16-29(40-32)43-19-18-41(23-37(43,9)10)30-20-24(3)31(34(46)47)25(4)39-30/h13-16,20-21,30,39H,11-12,17-19,22-23H2,1-10H3,(H,46,47). The molecule has 2 aromatic heterocycles. The Labute approximate surface area is 280 Å². The van der Waals surface area contributed by atoms with Gasteiger partial charge in [-0.1, -0.05) is 27.7 Å². The van der Waals surface area contributed by atoms with Crippen molar-refractivity contribution in [3.63, 3.8) is 0 Å². The quantitative estimate of drug-likeness (QED) is 0.336. The van der Waals surface area contributed by atoms with E-state index in [1.807, 2.05) is 37.0 Å². The summed E-state index contributed by atoms with van der Waals surface area (Å²) in [6.07, 6.45) is 5.48. The molecule has 0 spiro atoms. The van der Waals surface area contributed by atoms with E-state index in [-0.39, 0.29) is 28.6 Å². The zero-order valence-corrected chi connectivity index (χ0v) is 29.9. The number of piperazine rings is 1. The Hall–Kier alpha value is -3.92. The number of fused-ring (bicyclic) bond motifs is 1. The highest BCUT2D eigenvalue weighted by Gasteiger charge is 2.42. The molecule has 47 heavy (non-hydrogen) atoms. The highest BCUT2D eigenvalue weighted by molar-refractivity contribution is 5.95. The molecule has 5 heterocycles. The fraction of sp³-hybridized carbons (Fsp3) is 0.568. The normalized spacial score (nSPS) is 20.9. The van der Waals surface area contributed by atoms with Gasteiger partial charge in [-0.2, -0.15) is 0 Å². The first-order valence-electron chi connectivity index (χ1n) is 17.0. The summed E-state index contributed by atoms with van der Waals surface area (Å²) in [5, 5.41) is 13.0. The van der Waals surface area contributed by atoms with Crippen LogP contribution in [-0.2, 0) is 10.2 Å². The lowest BCUT2D eigenvalue weighted by atomic mass is 9.91. The van der Waals surface area contributed by atoms with Crippen molar-refractivity contribution in [3.8, 4) is 0 Å². The monoisotopic (exact) mass is 643 g/mol. The molecular formula is C37H53N7O3. The summed E-state index contributed by atoms with van der Waals surface area (Å²) >= 11 is 0. The van der Waals surface area contributed by atoms with Crippen molar-refractivity contribution in [3.05, 3.63) is 64.6 Å². The van der Waals surface area contributed by atoms with Crippen LogP contribution >= 0.6 is 0 Å². The van der Waals surface area contributed by atoms with Crippen LogP contribution in [0.5, 0.6) is 0 Å². The van der Waals surface area contributed by atoms with E-state index in [1.54, 1.807) is 6.20 Å². The number of aromatic nitrogens is 2. The first-order chi connectivity index (χ1) is 22.0. The third-order valence-corrected chi connectivity index (χ3v) is 10.3. The number of amides is 1. The lowest BCUT2D eigenvalue weighted by Gasteiger charge is -2.50. The lowest BCUT2D eigenvalue weighted by Crippen LogP contribution is -2.63. The number of aliphatic carboxylic acids is 1. The van der Waals surface area contributed by atoms with Crippen LogP contribution in [0.1, 0.15) is 98.1 Å². The van der Waals surface area contributed by atoms with Gasteiger partial charge in [-0.3, -0.25) is 9.69 Å². The van der Waals surface area contributed by atoms with Gasteiger partial charge < -0.3 is 25.1 Å². The number of anilines is 3. The zero-order chi connectivity index (χ0) is 34.5. The number of nitrogens with one attached hydrogen (secondary N) is 1. The molecule has 3 aliphatic heterocycles. The summed E-state index contributed by atoms with van der Waals surface area (Å²) < 4.78 is 0. The Kier molecular flexibility index (Phi) is 9.22. The second kappa shape index (κ2) is 12.6. The molecule has 1 atom stereocenters. The molecule has 0 aromatic carbocycles. The molecule has 0 saturated carbocycles. The summed E-state index contributed by atoms with van der Waals surface area (Å²) in [6, 6.07) is 8.15. The maximum atomic E-state index is 13.5. The maximum Gasteiger partial charge on any atom is 0.337 e. The summed E-state index contributed by atoms with van der Waals surface area (Å²) in [4.78, 5) is 44.3. The molecule has 10 heteroatoms. The number of carbonyl (C=O) groups is 2. The molecule has 10 nitrogen and oxygen atoms in total. The second-order valence-corrected chi connectivity index (χ2v) is 15.2. The van der Waals surface area contributed by atoms with E-state index in [1.165, 1.54) is 0 Å². The van der Waals surface area contributed by atoms with Crippen LogP contribution < -0.4 is 15.1 Å². The Morgan fingerprint density at radius 2 is 1.74 bits per heavy atom. The molecule has 1 fully saturated rings.